The molecule has 0 unspecified atom stereocenters. The van der Waals surface area contributed by atoms with E-state index in [-0.39, 0.29) is 12.2 Å². The number of carboxylic acids is 1. The number of allylic oxidation sites excluding steroid dienone is 2. The van der Waals surface area contributed by atoms with Crippen LogP contribution in [0.2, 0.25) is 0 Å². The first-order valence-electron chi connectivity index (χ1n) is 7.04. The van der Waals surface area contributed by atoms with Crippen LogP contribution in [0, 0.1) is 12.7 Å². The third-order valence-corrected chi connectivity index (χ3v) is 3.71. The molecule has 0 aromatic heterocycles. The quantitative estimate of drug-likeness (QED) is 0.902. The molecule has 0 heterocycles. The third-order valence-electron chi connectivity index (χ3n) is 3.71. The number of halogens is 1. The van der Waals surface area contributed by atoms with Gasteiger partial charge in [-0.1, -0.05) is 35.9 Å². The maximum atomic E-state index is 13.5. The van der Waals surface area contributed by atoms with Gasteiger partial charge >= 0.3 is 5.97 Å². The highest BCUT2D eigenvalue weighted by Crippen LogP contribution is 2.38. The van der Waals surface area contributed by atoms with Gasteiger partial charge in [-0.15, -0.1) is 0 Å². The second kappa shape index (κ2) is 5.60. The number of hydrogen-bond donors (Lipinski definition) is 1. The smallest absolute Gasteiger partial charge is 0.307 e. The molecule has 0 saturated carbocycles. The summed E-state index contributed by atoms with van der Waals surface area (Å²) in [6.07, 6.45) is 3.71. The summed E-state index contributed by atoms with van der Waals surface area (Å²) >= 11 is 0. The Kier molecular flexibility index (Phi) is 3.63. The summed E-state index contributed by atoms with van der Waals surface area (Å²) < 4.78 is 13.5. The van der Waals surface area contributed by atoms with Gasteiger partial charge in [-0.25, -0.2) is 4.39 Å². The fourth-order valence-corrected chi connectivity index (χ4v) is 2.65. The van der Waals surface area contributed by atoms with Gasteiger partial charge in [0.15, 0.2) is 0 Å². The summed E-state index contributed by atoms with van der Waals surface area (Å²) in [6, 6.07) is 12.6. The van der Waals surface area contributed by atoms with E-state index in [0.29, 0.717) is 11.1 Å². The first-order valence-corrected chi connectivity index (χ1v) is 7.04. The van der Waals surface area contributed by atoms with Crippen LogP contribution < -0.4 is 0 Å². The number of aryl methyl sites for hydroxylation is 1. The molecule has 0 atom stereocenters. The van der Waals surface area contributed by atoms with Gasteiger partial charge in [-0.3, -0.25) is 4.79 Å². The van der Waals surface area contributed by atoms with E-state index in [1.165, 1.54) is 17.7 Å². The summed E-state index contributed by atoms with van der Waals surface area (Å²) in [5, 5.41) is 9.02. The number of aliphatic carboxylic acids is 1. The molecule has 2 aromatic rings. The van der Waals surface area contributed by atoms with Crippen LogP contribution in [0.15, 0.2) is 48.5 Å². The lowest BCUT2D eigenvalue weighted by molar-refractivity contribution is -0.135. The molecular formula is C19H15FO2. The normalized spacial score (nSPS) is 14.8. The molecule has 1 aliphatic rings. The molecule has 0 amide bonds. The summed E-state index contributed by atoms with van der Waals surface area (Å²) in [6.45, 7) is 2.02. The summed E-state index contributed by atoms with van der Waals surface area (Å²) in [5.41, 5.74) is 5.30. The topological polar surface area (TPSA) is 37.3 Å². The van der Waals surface area contributed by atoms with Crippen LogP contribution in [0.25, 0.3) is 17.2 Å². The molecule has 0 saturated heterocycles. The average molecular weight is 294 g/mol. The number of fused-ring (bicyclic) bond motifs is 1. The van der Waals surface area contributed by atoms with Gasteiger partial charge in [-0.2, -0.15) is 0 Å². The van der Waals surface area contributed by atoms with Gasteiger partial charge in [-0.05, 0) is 59.0 Å². The van der Waals surface area contributed by atoms with Gasteiger partial charge in [0.1, 0.15) is 5.82 Å². The van der Waals surface area contributed by atoms with Crippen LogP contribution in [-0.2, 0) is 4.79 Å². The van der Waals surface area contributed by atoms with Gasteiger partial charge in [0.25, 0.3) is 0 Å². The molecule has 0 aliphatic heterocycles. The van der Waals surface area contributed by atoms with E-state index in [1.807, 2.05) is 43.3 Å². The van der Waals surface area contributed by atoms with Crippen LogP contribution in [0.4, 0.5) is 4.39 Å². The molecule has 1 N–H and O–H groups in total. The van der Waals surface area contributed by atoms with Crippen molar-refractivity contribution in [3.05, 3.63) is 76.6 Å². The molecule has 0 radical (unpaired) electrons. The lowest BCUT2D eigenvalue weighted by Crippen LogP contribution is -1.96. The van der Waals surface area contributed by atoms with Crippen LogP contribution in [0.3, 0.4) is 0 Å². The first kappa shape index (κ1) is 14.3. The van der Waals surface area contributed by atoms with Crippen molar-refractivity contribution in [3.8, 4) is 0 Å². The highest BCUT2D eigenvalue weighted by molar-refractivity contribution is 6.04. The van der Waals surface area contributed by atoms with E-state index in [9.17, 15) is 9.18 Å². The lowest BCUT2D eigenvalue weighted by Gasteiger charge is -2.04. The molecule has 110 valence electrons. The Balaban J connectivity index is 2.07. The molecular weight excluding hydrogens is 279 g/mol. The first-order chi connectivity index (χ1) is 10.5. The van der Waals surface area contributed by atoms with Crippen molar-refractivity contribution >= 4 is 23.2 Å². The maximum absolute atomic E-state index is 13.5. The lowest BCUT2D eigenvalue weighted by atomic mass is 10.0. The Morgan fingerprint density at radius 2 is 1.86 bits per heavy atom. The largest absolute Gasteiger partial charge is 0.481 e. The molecule has 22 heavy (non-hydrogen) atoms. The van der Waals surface area contributed by atoms with Crippen molar-refractivity contribution in [1.82, 2.24) is 0 Å². The Bertz CT molecular complexity index is 799. The minimum atomic E-state index is -0.918. The minimum Gasteiger partial charge on any atom is -0.481 e. The predicted molar refractivity (Wildman–Crippen MR) is 85.7 cm³/mol. The minimum absolute atomic E-state index is 0.109. The highest BCUT2D eigenvalue weighted by atomic mass is 19.1. The summed E-state index contributed by atoms with van der Waals surface area (Å²) in [5.74, 6) is -1.27. The number of benzene rings is 2. The molecule has 3 heteroatoms. The number of hydrogen-bond acceptors (Lipinski definition) is 1. The monoisotopic (exact) mass is 294 g/mol. The number of rotatable bonds is 3. The van der Waals surface area contributed by atoms with Gasteiger partial charge in [0, 0.05) is 0 Å². The van der Waals surface area contributed by atoms with E-state index in [1.54, 1.807) is 6.07 Å². The van der Waals surface area contributed by atoms with Crippen molar-refractivity contribution in [2.75, 3.05) is 0 Å². The van der Waals surface area contributed by atoms with E-state index in [4.69, 9.17) is 5.11 Å². The van der Waals surface area contributed by atoms with Crippen molar-refractivity contribution < 1.29 is 14.3 Å². The van der Waals surface area contributed by atoms with Gasteiger partial charge in [0.05, 0.1) is 6.42 Å². The van der Waals surface area contributed by atoms with E-state index in [0.717, 1.165) is 16.7 Å². The average Bonchev–Trinajstić information content (AvgIpc) is 2.78. The van der Waals surface area contributed by atoms with E-state index in [2.05, 4.69) is 0 Å². The molecule has 0 fully saturated rings. The molecule has 1 aliphatic carbocycles. The Hall–Kier alpha value is -2.68. The second-order valence-electron chi connectivity index (χ2n) is 5.44. The second-order valence-corrected chi connectivity index (χ2v) is 5.44. The maximum Gasteiger partial charge on any atom is 0.307 e. The fraction of sp³-hybridized carbons (Fsp3) is 0.105. The Morgan fingerprint density at radius 3 is 2.55 bits per heavy atom. The molecule has 3 rings (SSSR count). The van der Waals surface area contributed by atoms with Crippen LogP contribution >= 0.6 is 0 Å². The zero-order valence-electron chi connectivity index (χ0n) is 12.1. The SMILES string of the molecule is Cc1ccc(C=C2C=C(CC(=O)O)c3cc(F)ccc32)cc1. The standard InChI is InChI=1S/C19H15FO2/c1-12-2-4-13(5-3-12)8-14-9-15(10-19(21)22)18-11-16(20)6-7-17(14)18/h2-9,11H,10H2,1H3,(H,21,22). The fourth-order valence-electron chi connectivity index (χ4n) is 2.65. The van der Waals surface area contributed by atoms with Crippen LogP contribution in [0.1, 0.15) is 28.7 Å². The van der Waals surface area contributed by atoms with Gasteiger partial charge in [0.2, 0.25) is 0 Å². The van der Waals surface area contributed by atoms with Crippen molar-refractivity contribution in [3.63, 3.8) is 0 Å². The highest BCUT2D eigenvalue weighted by Gasteiger charge is 2.20. The van der Waals surface area contributed by atoms with Crippen LogP contribution in [-0.4, -0.2) is 11.1 Å². The van der Waals surface area contributed by atoms with E-state index < -0.39 is 5.97 Å². The van der Waals surface area contributed by atoms with Gasteiger partial charge < -0.3 is 5.11 Å². The summed E-state index contributed by atoms with van der Waals surface area (Å²) in [7, 11) is 0. The Labute approximate surface area is 128 Å². The molecule has 2 nitrogen and oxygen atoms in total. The molecule has 0 spiro atoms. The van der Waals surface area contributed by atoms with E-state index >= 15 is 0 Å². The third kappa shape index (κ3) is 2.84. The number of carbonyl (C=O) groups is 1. The number of carboxylic acid groups (broad SMARTS) is 1. The molecule has 2 aromatic carbocycles. The van der Waals surface area contributed by atoms with Crippen LogP contribution in [0.5, 0.6) is 0 Å². The zero-order valence-corrected chi connectivity index (χ0v) is 12.1. The van der Waals surface area contributed by atoms with Crippen molar-refractivity contribution in [2.45, 2.75) is 13.3 Å². The molecule has 0 bridgehead atoms. The van der Waals surface area contributed by atoms with Crippen molar-refractivity contribution in [2.24, 2.45) is 0 Å². The predicted octanol–water partition coefficient (Wildman–Crippen LogP) is 4.55. The summed E-state index contributed by atoms with van der Waals surface area (Å²) in [4.78, 5) is 11.0. The van der Waals surface area contributed by atoms with Crippen molar-refractivity contribution in [1.29, 1.82) is 0 Å². The zero-order chi connectivity index (χ0) is 15.7. The Morgan fingerprint density at radius 1 is 1.14 bits per heavy atom.